The van der Waals surface area contributed by atoms with Crippen molar-refractivity contribution in [2.45, 2.75) is 13.3 Å². The molecule has 0 amide bonds. The van der Waals surface area contributed by atoms with Gasteiger partial charge in [0.05, 0.1) is 0 Å². The van der Waals surface area contributed by atoms with Gasteiger partial charge < -0.3 is 15.3 Å². The van der Waals surface area contributed by atoms with E-state index >= 15 is 0 Å². The molecule has 0 aliphatic carbocycles. The maximum absolute atomic E-state index is 12.4. The zero-order chi connectivity index (χ0) is 16.8. The van der Waals surface area contributed by atoms with Crippen LogP contribution in [0, 0.1) is 0 Å². The summed E-state index contributed by atoms with van der Waals surface area (Å²) in [6.45, 7) is 5.52. The Hall–Kier alpha value is -1.77. The minimum absolute atomic E-state index is 0.565. The number of benzene rings is 1. The first-order chi connectivity index (χ1) is 10.8. The van der Waals surface area contributed by atoms with Crippen molar-refractivity contribution in [1.29, 1.82) is 0 Å². The van der Waals surface area contributed by atoms with E-state index in [9.17, 15) is 4.57 Å². The quantitative estimate of drug-likeness (QED) is 0.548. The largest absolute Gasteiger partial charge is 0.398 e. The molecule has 3 aromatic rings. The highest BCUT2D eigenvalue weighted by Crippen LogP contribution is 2.38. The number of fused-ring (bicyclic) bond motifs is 1. The molecule has 0 bridgehead atoms. The highest BCUT2D eigenvalue weighted by molar-refractivity contribution is 7.70. The van der Waals surface area contributed by atoms with Gasteiger partial charge in [-0.3, -0.25) is 0 Å². The molecule has 3 rings (SSSR count). The normalized spacial score (nSPS) is 12.0. The molecule has 0 fully saturated rings. The van der Waals surface area contributed by atoms with E-state index in [0.717, 1.165) is 34.1 Å². The summed E-state index contributed by atoms with van der Waals surface area (Å²) in [5, 5.41) is 2.36. The number of nitrogens with two attached hydrogens (primary N) is 1. The van der Waals surface area contributed by atoms with Crippen LogP contribution >= 0.6 is 18.7 Å². The Labute approximate surface area is 140 Å². The van der Waals surface area contributed by atoms with E-state index in [2.05, 4.69) is 23.0 Å². The standard InChI is InChI=1S/C17H19ClN3OP/c1-4-12-13-7-11(9-20-17(13)21-16(12)18)10-5-6-14(19)15(8-10)23(2,3)22/h5-9H,4,19H2,1-3H3,(H,20,21). The van der Waals surface area contributed by atoms with E-state index in [0.29, 0.717) is 16.1 Å². The number of aromatic nitrogens is 2. The number of anilines is 1. The highest BCUT2D eigenvalue weighted by Gasteiger charge is 2.16. The van der Waals surface area contributed by atoms with Crippen LogP contribution < -0.4 is 11.0 Å². The summed E-state index contributed by atoms with van der Waals surface area (Å²) in [5.41, 5.74) is 10.3. The number of aryl methyl sites for hydroxylation is 1. The highest BCUT2D eigenvalue weighted by atomic mass is 35.5. The fraction of sp³-hybridized carbons (Fsp3) is 0.235. The predicted octanol–water partition coefficient (Wildman–Crippen LogP) is 4.28. The van der Waals surface area contributed by atoms with Gasteiger partial charge in [0.15, 0.2) is 0 Å². The Morgan fingerprint density at radius 3 is 2.65 bits per heavy atom. The van der Waals surface area contributed by atoms with Crippen molar-refractivity contribution in [3.63, 3.8) is 0 Å². The van der Waals surface area contributed by atoms with E-state index in [1.165, 1.54) is 0 Å². The topological polar surface area (TPSA) is 71.8 Å². The number of hydrogen-bond donors (Lipinski definition) is 2. The van der Waals surface area contributed by atoms with Crippen molar-refractivity contribution in [2.75, 3.05) is 19.1 Å². The second-order valence-corrected chi connectivity index (χ2v) is 9.58. The monoisotopic (exact) mass is 347 g/mol. The molecular formula is C17H19ClN3OP. The number of nitrogens with zero attached hydrogens (tertiary/aromatic N) is 1. The third-order valence-corrected chi connectivity index (χ3v) is 5.87. The van der Waals surface area contributed by atoms with Crippen LogP contribution in [0.25, 0.3) is 22.2 Å². The average molecular weight is 348 g/mol. The molecule has 0 saturated heterocycles. The number of H-pyrrole nitrogens is 1. The van der Waals surface area contributed by atoms with Gasteiger partial charge in [-0.2, -0.15) is 0 Å². The molecule has 0 unspecified atom stereocenters. The van der Waals surface area contributed by atoms with Crippen LogP contribution in [-0.2, 0) is 11.0 Å². The number of nitrogen functional groups attached to an aromatic ring is 1. The van der Waals surface area contributed by atoms with Gasteiger partial charge in [0.1, 0.15) is 17.9 Å². The summed E-state index contributed by atoms with van der Waals surface area (Å²) in [7, 11) is -2.44. The molecular weight excluding hydrogens is 329 g/mol. The number of hydrogen-bond acceptors (Lipinski definition) is 3. The van der Waals surface area contributed by atoms with Crippen molar-refractivity contribution < 1.29 is 4.57 Å². The lowest BCUT2D eigenvalue weighted by Gasteiger charge is -2.12. The lowest BCUT2D eigenvalue weighted by atomic mass is 10.0. The second-order valence-electron chi connectivity index (χ2n) is 6.02. The van der Waals surface area contributed by atoms with Crippen LogP contribution in [0.4, 0.5) is 5.69 Å². The van der Waals surface area contributed by atoms with E-state index in [-0.39, 0.29) is 0 Å². The number of halogens is 1. The van der Waals surface area contributed by atoms with Crippen LogP contribution in [0.3, 0.4) is 0 Å². The van der Waals surface area contributed by atoms with Gasteiger partial charge in [-0.05, 0) is 49.1 Å². The Kier molecular flexibility index (Phi) is 3.99. The van der Waals surface area contributed by atoms with Gasteiger partial charge in [0.25, 0.3) is 0 Å². The molecule has 0 aliphatic heterocycles. The molecule has 2 heterocycles. The molecule has 0 atom stereocenters. The maximum Gasteiger partial charge on any atom is 0.138 e. The molecule has 0 aliphatic rings. The molecule has 0 radical (unpaired) electrons. The van der Waals surface area contributed by atoms with Gasteiger partial charge in [-0.15, -0.1) is 0 Å². The molecule has 120 valence electrons. The minimum atomic E-state index is -2.44. The van der Waals surface area contributed by atoms with Gasteiger partial charge in [-0.1, -0.05) is 24.6 Å². The van der Waals surface area contributed by atoms with E-state index in [4.69, 9.17) is 17.3 Å². The van der Waals surface area contributed by atoms with Crippen molar-refractivity contribution in [3.8, 4) is 11.1 Å². The fourth-order valence-corrected chi connectivity index (χ4v) is 4.26. The Balaban J connectivity index is 2.19. The first kappa shape index (κ1) is 16.1. The van der Waals surface area contributed by atoms with Gasteiger partial charge in [0.2, 0.25) is 0 Å². The van der Waals surface area contributed by atoms with Crippen molar-refractivity contribution in [3.05, 3.63) is 41.2 Å². The smallest absolute Gasteiger partial charge is 0.138 e. The summed E-state index contributed by atoms with van der Waals surface area (Å²) >= 11 is 6.22. The van der Waals surface area contributed by atoms with Gasteiger partial charge >= 0.3 is 0 Å². The Morgan fingerprint density at radius 1 is 1.26 bits per heavy atom. The van der Waals surface area contributed by atoms with Crippen molar-refractivity contribution in [2.24, 2.45) is 0 Å². The average Bonchev–Trinajstić information content (AvgIpc) is 2.80. The summed E-state index contributed by atoms with van der Waals surface area (Å²) in [4.78, 5) is 7.55. The number of pyridine rings is 1. The zero-order valence-electron chi connectivity index (χ0n) is 13.4. The first-order valence-electron chi connectivity index (χ1n) is 7.42. The van der Waals surface area contributed by atoms with Gasteiger partial charge in [-0.25, -0.2) is 4.98 Å². The molecule has 23 heavy (non-hydrogen) atoms. The molecule has 4 nitrogen and oxygen atoms in total. The Morgan fingerprint density at radius 2 is 2.00 bits per heavy atom. The number of nitrogens with one attached hydrogen (secondary N) is 1. The number of rotatable bonds is 3. The molecule has 1 aromatic carbocycles. The van der Waals surface area contributed by atoms with E-state index < -0.39 is 7.14 Å². The van der Waals surface area contributed by atoms with Crippen LogP contribution in [0.5, 0.6) is 0 Å². The van der Waals surface area contributed by atoms with Gasteiger partial charge in [0, 0.05) is 28.1 Å². The Bertz CT molecular complexity index is 942. The van der Waals surface area contributed by atoms with Crippen molar-refractivity contribution >= 4 is 40.8 Å². The molecule has 0 saturated carbocycles. The molecule has 2 aromatic heterocycles. The zero-order valence-corrected chi connectivity index (χ0v) is 15.0. The maximum atomic E-state index is 12.4. The van der Waals surface area contributed by atoms with E-state index in [1.54, 1.807) is 25.6 Å². The van der Waals surface area contributed by atoms with Crippen LogP contribution in [0.1, 0.15) is 12.5 Å². The minimum Gasteiger partial charge on any atom is -0.398 e. The summed E-state index contributed by atoms with van der Waals surface area (Å²) in [6, 6.07) is 7.70. The first-order valence-corrected chi connectivity index (χ1v) is 10.4. The van der Waals surface area contributed by atoms with Crippen molar-refractivity contribution in [1.82, 2.24) is 9.97 Å². The van der Waals surface area contributed by atoms with Crippen LogP contribution in [0.15, 0.2) is 30.5 Å². The van der Waals surface area contributed by atoms with Crippen LogP contribution in [-0.4, -0.2) is 23.3 Å². The fourth-order valence-electron chi connectivity index (χ4n) is 2.79. The lowest BCUT2D eigenvalue weighted by molar-refractivity contribution is 0.588. The molecule has 0 spiro atoms. The molecule has 6 heteroatoms. The van der Waals surface area contributed by atoms with Crippen LogP contribution in [0.2, 0.25) is 5.15 Å². The SMILES string of the molecule is CCc1c(Cl)[nH]c2ncc(-c3ccc(N)c(P(C)(C)=O)c3)cc12. The summed E-state index contributed by atoms with van der Waals surface area (Å²) < 4.78 is 12.4. The second kappa shape index (κ2) is 5.70. The van der Waals surface area contributed by atoms with E-state index in [1.807, 2.05) is 12.1 Å². The predicted molar refractivity (Wildman–Crippen MR) is 99.4 cm³/mol. The lowest BCUT2D eigenvalue weighted by Crippen LogP contribution is -2.09. The molecule has 3 N–H and O–H groups in total. The summed E-state index contributed by atoms with van der Waals surface area (Å²) in [5.74, 6) is 0. The summed E-state index contributed by atoms with van der Waals surface area (Å²) in [6.07, 6.45) is 2.62. The number of aromatic amines is 1. The third kappa shape index (κ3) is 2.89. The third-order valence-electron chi connectivity index (χ3n) is 4.00.